The van der Waals surface area contributed by atoms with Gasteiger partial charge < -0.3 is 10.6 Å². The van der Waals surface area contributed by atoms with Gasteiger partial charge in [-0.05, 0) is 31.2 Å². The van der Waals surface area contributed by atoms with Crippen LogP contribution in [0.4, 0.5) is 11.4 Å². The molecule has 0 unspecified atom stereocenters. The summed E-state index contributed by atoms with van der Waals surface area (Å²) in [7, 11) is 0. The fraction of sp³-hybridized carbons (Fsp3) is 0.200. The Morgan fingerprint density at radius 1 is 1.00 bits per heavy atom. The standard InChI is InChI=1S/C13H14N2.C2H6/c1-3-7-11-10(4-2)14-12-8-5-6-9-13(12)15-11;1-2/h3-9,14-15H,2H2,1H3;1-2H3/b7-3-;. The zero-order valence-electron chi connectivity index (χ0n) is 10.7. The van der Waals surface area contributed by atoms with Crippen LogP contribution in [0.1, 0.15) is 20.8 Å². The second kappa shape index (κ2) is 6.59. The minimum atomic E-state index is 1.01. The van der Waals surface area contributed by atoms with E-state index in [0.29, 0.717) is 0 Å². The summed E-state index contributed by atoms with van der Waals surface area (Å²) in [5.41, 5.74) is 4.23. The molecule has 0 fully saturated rings. The van der Waals surface area contributed by atoms with Crippen LogP contribution >= 0.6 is 0 Å². The van der Waals surface area contributed by atoms with E-state index in [1.165, 1.54) is 0 Å². The number of benzene rings is 1. The van der Waals surface area contributed by atoms with Gasteiger partial charge in [0.15, 0.2) is 0 Å². The highest BCUT2D eigenvalue weighted by atomic mass is 15.0. The molecular formula is C15H20N2. The summed E-state index contributed by atoms with van der Waals surface area (Å²) in [5.74, 6) is 0. The Kier molecular flexibility index (Phi) is 5.08. The van der Waals surface area contributed by atoms with Crippen molar-refractivity contribution in [2.45, 2.75) is 20.8 Å². The van der Waals surface area contributed by atoms with Crippen molar-refractivity contribution >= 4 is 11.4 Å². The highest BCUT2D eigenvalue weighted by Gasteiger charge is 2.11. The Labute approximate surface area is 104 Å². The van der Waals surface area contributed by atoms with Crippen LogP contribution in [0.2, 0.25) is 0 Å². The molecule has 17 heavy (non-hydrogen) atoms. The lowest BCUT2D eigenvalue weighted by Crippen LogP contribution is -2.13. The fourth-order valence-corrected chi connectivity index (χ4v) is 1.59. The van der Waals surface area contributed by atoms with Crippen molar-refractivity contribution in [2.24, 2.45) is 0 Å². The minimum absolute atomic E-state index is 1.01. The largest absolute Gasteiger partial charge is 0.352 e. The summed E-state index contributed by atoms with van der Waals surface area (Å²) in [6.07, 6.45) is 5.85. The van der Waals surface area contributed by atoms with E-state index >= 15 is 0 Å². The van der Waals surface area contributed by atoms with Gasteiger partial charge in [0.25, 0.3) is 0 Å². The number of hydrogen-bond donors (Lipinski definition) is 2. The first-order valence-electron chi connectivity index (χ1n) is 5.97. The van der Waals surface area contributed by atoms with E-state index in [-0.39, 0.29) is 0 Å². The van der Waals surface area contributed by atoms with Crippen molar-refractivity contribution in [1.82, 2.24) is 0 Å². The molecule has 1 aromatic rings. The molecule has 90 valence electrons. The van der Waals surface area contributed by atoms with E-state index in [1.54, 1.807) is 0 Å². The Morgan fingerprint density at radius 3 is 2.00 bits per heavy atom. The molecule has 0 spiro atoms. The van der Waals surface area contributed by atoms with Gasteiger partial charge >= 0.3 is 0 Å². The van der Waals surface area contributed by atoms with Crippen molar-refractivity contribution in [3.63, 3.8) is 0 Å². The van der Waals surface area contributed by atoms with Crippen molar-refractivity contribution in [1.29, 1.82) is 0 Å². The van der Waals surface area contributed by atoms with Gasteiger partial charge in [-0.1, -0.05) is 38.6 Å². The average Bonchev–Trinajstić information content (AvgIpc) is 2.40. The first-order valence-corrected chi connectivity index (χ1v) is 5.97. The zero-order chi connectivity index (χ0) is 12.7. The topological polar surface area (TPSA) is 24.1 Å². The predicted octanol–water partition coefficient (Wildman–Crippen LogP) is 4.52. The summed E-state index contributed by atoms with van der Waals surface area (Å²) >= 11 is 0. The molecule has 0 amide bonds. The van der Waals surface area contributed by atoms with E-state index in [0.717, 1.165) is 22.8 Å². The molecule has 1 heterocycles. The second-order valence-electron chi connectivity index (χ2n) is 3.33. The number of anilines is 2. The van der Waals surface area contributed by atoms with Crippen molar-refractivity contribution < 1.29 is 0 Å². The maximum Gasteiger partial charge on any atom is 0.0624 e. The number of rotatable bonds is 2. The highest BCUT2D eigenvalue weighted by molar-refractivity contribution is 5.77. The van der Waals surface area contributed by atoms with Crippen molar-refractivity contribution in [3.8, 4) is 0 Å². The molecule has 1 aliphatic rings. The molecule has 0 aliphatic carbocycles. The van der Waals surface area contributed by atoms with Crippen LogP contribution in [0.25, 0.3) is 0 Å². The van der Waals surface area contributed by atoms with Gasteiger partial charge in [-0.25, -0.2) is 0 Å². The van der Waals surface area contributed by atoms with E-state index in [4.69, 9.17) is 0 Å². The smallest absolute Gasteiger partial charge is 0.0624 e. The van der Waals surface area contributed by atoms with Gasteiger partial charge in [-0.3, -0.25) is 0 Å². The summed E-state index contributed by atoms with van der Waals surface area (Å²) < 4.78 is 0. The molecule has 0 atom stereocenters. The third-order valence-corrected chi connectivity index (χ3v) is 2.29. The molecule has 0 bridgehead atoms. The summed E-state index contributed by atoms with van der Waals surface area (Å²) in [4.78, 5) is 0. The first kappa shape index (κ1) is 13.1. The average molecular weight is 228 g/mol. The molecule has 2 rings (SSSR count). The Bertz CT molecular complexity index is 442. The number of fused-ring (bicyclic) bond motifs is 1. The molecular weight excluding hydrogens is 208 g/mol. The number of allylic oxidation sites excluding steroid dienone is 3. The molecule has 2 N–H and O–H groups in total. The molecule has 1 aromatic carbocycles. The van der Waals surface area contributed by atoms with Gasteiger partial charge in [0.1, 0.15) is 0 Å². The van der Waals surface area contributed by atoms with Crippen LogP contribution in [0, 0.1) is 0 Å². The molecule has 0 saturated heterocycles. The monoisotopic (exact) mass is 228 g/mol. The molecule has 2 heteroatoms. The number of nitrogens with one attached hydrogen (secondary N) is 2. The fourth-order valence-electron chi connectivity index (χ4n) is 1.59. The van der Waals surface area contributed by atoms with E-state index in [1.807, 2.05) is 63.3 Å². The Morgan fingerprint density at radius 2 is 1.53 bits per heavy atom. The highest BCUT2D eigenvalue weighted by Crippen LogP contribution is 2.29. The second-order valence-corrected chi connectivity index (χ2v) is 3.33. The molecule has 0 aromatic heterocycles. The van der Waals surface area contributed by atoms with Crippen molar-refractivity contribution in [3.05, 3.63) is 60.5 Å². The van der Waals surface area contributed by atoms with Crippen LogP contribution in [-0.4, -0.2) is 0 Å². The normalized spacial score (nSPS) is 13.1. The summed E-state index contributed by atoms with van der Waals surface area (Å²) in [5, 5.41) is 6.69. The van der Waals surface area contributed by atoms with Crippen LogP contribution in [-0.2, 0) is 0 Å². The maximum absolute atomic E-state index is 3.80. The van der Waals surface area contributed by atoms with Crippen LogP contribution in [0.3, 0.4) is 0 Å². The van der Waals surface area contributed by atoms with Crippen LogP contribution in [0.15, 0.2) is 60.5 Å². The van der Waals surface area contributed by atoms with E-state index in [9.17, 15) is 0 Å². The quantitative estimate of drug-likeness (QED) is 0.777. The minimum Gasteiger partial charge on any atom is -0.352 e. The number of hydrogen-bond acceptors (Lipinski definition) is 2. The van der Waals surface area contributed by atoms with Gasteiger partial charge in [0.05, 0.1) is 22.8 Å². The number of para-hydroxylation sites is 2. The molecule has 1 aliphatic heterocycles. The third kappa shape index (κ3) is 3.00. The maximum atomic E-state index is 3.80. The lowest BCUT2D eigenvalue weighted by molar-refractivity contribution is 1.31. The van der Waals surface area contributed by atoms with E-state index < -0.39 is 0 Å². The Hall–Kier alpha value is -1.96. The predicted molar refractivity (Wildman–Crippen MR) is 77.1 cm³/mol. The van der Waals surface area contributed by atoms with Crippen LogP contribution < -0.4 is 10.6 Å². The van der Waals surface area contributed by atoms with Gasteiger partial charge in [-0.15, -0.1) is 0 Å². The lowest BCUT2D eigenvalue weighted by Gasteiger charge is -2.22. The first-order chi connectivity index (χ1) is 8.35. The lowest BCUT2D eigenvalue weighted by atomic mass is 10.1. The summed E-state index contributed by atoms with van der Waals surface area (Å²) in [6.45, 7) is 9.79. The van der Waals surface area contributed by atoms with Gasteiger partial charge in [0.2, 0.25) is 0 Å². The third-order valence-electron chi connectivity index (χ3n) is 2.29. The van der Waals surface area contributed by atoms with Gasteiger partial charge in [0, 0.05) is 0 Å². The summed E-state index contributed by atoms with van der Waals surface area (Å²) in [6, 6.07) is 8.11. The van der Waals surface area contributed by atoms with Crippen molar-refractivity contribution in [2.75, 3.05) is 10.6 Å². The molecule has 0 saturated carbocycles. The molecule has 0 radical (unpaired) electrons. The SMILES string of the molecule is C=CC1=C(/C=C\C)Nc2ccccc2N1.CC. The van der Waals surface area contributed by atoms with E-state index in [2.05, 4.69) is 17.2 Å². The zero-order valence-corrected chi connectivity index (χ0v) is 10.7. The van der Waals surface area contributed by atoms with Gasteiger partial charge in [-0.2, -0.15) is 0 Å². The van der Waals surface area contributed by atoms with Crippen LogP contribution in [0.5, 0.6) is 0 Å². The molecule has 2 nitrogen and oxygen atoms in total. The Balaban J connectivity index is 0.000000686.